The summed E-state index contributed by atoms with van der Waals surface area (Å²) in [5.41, 5.74) is 0. The molecule has 2 N–H and O–H groups in total. The maximum atomic E-state index is 5.73. The molecule has 1 aliphatic heterocycles. The molecule has 2 atom stereocenters. The van der Waals surface area contributed by atoms with Crippen molar-refractivity contribution in [2.75, 3.05) is 27.2 Å². The van der Waals surface area contributed by atoms with Crippen LogP contribution in [0.15, 0.2) is 0 Å². The Kier molecular flexibility index (Phi) is 3.67. The Morgan fingerprint density at radius 3 is 1.69 bits per heavy atom. The van der Waals surface area contributed by atoms with Crippen molar-refractivity contribution in [2.45, 2.75) is 31.8 Å². The van der Waals surface area contributed by atoms with Crippen molar-refractivity contribution in [3.63, 3.8) is 0 Å². The van der Waals surface area contributed by atoms with E-state index in [4.69, 9.17) is 9.47 Å². The lowest BCUT2D eigenvalue weighted by molar-refractivity contribution is -0.145. The second kappa shape index (κ2) is 4.37. The molecule has 0 unspecified atom stereocenters. The maximum absolute atomic E-state index is 5.73. The van der Waals surface area contributed by atoms with Crippen LogP contribution >= 0.6 is 0 Å². The van der Waals surface area contributed by atoms with Crippen molar-refractivity contribution in [1.29, 1.82) is 0 Å². The van der Waals surface area contributed by atoms with Crippen LogP contribution in [0.3, 0.4) is 0 Å². The molecule has 0 amide bonds. The Hall–Kier alpha value is -0.160. The van der Waals surface area contributed by atoms with Gasteiger partial charge in [-0.15, -0.1) is 0 Å². The first kappa shape index (κ1) is 10.9. The summed E-state index contributed by atoms with van der Waals surface area (Å²) < 4.78 is 11.5. The normalized spacial score (nSPS) is 32.3. The van der Waals surface area contributed by atoms with Gasteiger partial charge in [-0.25, -0.2) is 0 Å². The molecule has 13 heavy (non-hydrogen) atoms. The van der Waals surface area contributed by atoms with Crippen LogP contribution in [-0.2, 0) is 9.47 Å². The van der Waals surface area contributed by atoms with E-state index in [1.807, 2.05) is 27.9 Å². The van der Waals surface area contributed by atoms with E-state index in [2.05, 4.69) is 10.6 Å². The number of ether oxygens (including phenoxy) is 2. The fraction of sp³-hybridized carbons (Fsp3) is 1.00. The average Bonchev–Trinajstić information content (AvgIpc) is 2.28. The molecule has 1 heterocycles. The van der Waals surface area contributed by atoms with Gasteiger partial charge in [0.05, 0.1) is 0 Å². The minimum atomic E-state index is -0.441. The van der Waals surface area contributed by atoms with Gasteiger partial charge < -0.3 is 20.1 Å². The quantitative estimate of drug-likeness (QED) is 0.649. The molecule has 0 spiro atoms. The average molecular weight is 188 g/mol. The van der Waals surface area contributed by atoms with Gasteiger partial charge in [-0.05, 0) is 27.9 Å². The molecule has 1 saturated heterocycles. The molecule has 0 radical (unpaired) electrons. The smallest absolute Gasteiger partial charge is 0.163 e. The van der Waals surface area contributed by atoms with E-state index >= 15 is 0 Å². The zero-order valence-corrected chi connectivity index (χ0v) is 8.89. The Labute approximate surface area is 80.0 Å². The van der Waals surface area contributed by atoms with Gasteiger partial charge in [0.2, 0.25) is 0 Å². The van der Waals surface area contributed by atoms with Crippen LogP contribution in [0.2, 0.25) is 0 Å². The highest BCUT2D eigenvalue weighted by molar-refractivity contribution is 4.83. The molecule has 0 aliphatic carbocycles. The van der Waals surface area contributed by atoms with E-state index in [-0.39, 0.29) is 12.2 Å². The first-order valence-corrected chi connectivity index (χ1v) is 4.74. The van der Waals surface area contributed by atoms with Crippen LogP contribution < -0.4 is 10.6 Å². The zero-order chi connectivity index (χ0) is 9.90. The SMILES string of the molecule is CNC[C@@H]1OC(C)(C)O[C@H]1CNC. The predicted octanol–water partition coefficient (Wildman–Crippen LogP) is -0.0547. The van der Waals surface area contributed by atoms with Crippen LogP contribution in [0.5, 0.6) is 0 Å². The van der Waals surface area contributed by atoms with Gasteiger partial charge in [-0.1, -0.05) is 0 Å². The lowest BCUT2D eigenvalue weighted by Crippen LogP contribution is -2.38. The second-order valence-corrected chi connectivity index (χ2v) is 3.83. The van der Waals surface area contributed by atoms with Crippen LogP contribution in [0.25, 0.3) is 0 Å². The van der Waals surface area contributed by atoms with E-state index in [1.54, 1.807) is 0 Å². The highest BCUT2D eigenvalue weighted by atomic mass is 16.8. The van der Waals surface area contributed by atoms with E-state index in [0.717, 1.165) is 13.1 Å². The maximum Gasteiger partial charge on any atom is 0.163 e. The van der Waals surface area contributed by atoms with E-state index < -0.39 is 5.79 Å². The van der Waals surface area contributed by atoms with Gasteiger partial charge in [-0.3, -0.25) is 0 Å². The van der Waals surface area contributed by atoms with E-state index in [9.17, 15) is 0 Å². The minimum Gasteiger partial charge on any atom is -0.343 e. The van der Waals surface area contributed by atoms with Crippen LogP contribution in [0.4, 0.5) is 0 Å². The Morgan fingerprint density at radius 1 is 1.00 bits per heavy atom. The third kappa shape index (κ3) is 2.91. The molecule has 1 aliphatic rings. The molecule has 4 heteroatoms. The van der Waals surface area contributed by atoms with Gasteiger partial charge in [-0.2, -0.15) is 0 Å². The molecule has 1 fully saturated rings. The third-order valence-corrected chi connectivity index (χ3v) is 2.10. The summed E-state index contributed by atoms with van der Waals surface area (Å²) in [5, 5.41) is 6.21. The van der Waals surface area contributed by atoms with Crippen LogP contribution in [-0.4, -0.2) is 45.2 Å². The molecule has 1 rings (SSSR count). The number of likely N-dealkylation sites (N-methyl/N-ethyl adjacent to an activating group) is 2. The van der Waals surface area contributed by atoms with Gasteiger partial charge in [0.15, 0.2) is 5.79 Å². The predicted molar refractivity (Wildman–Crippen MR) is 51.7 cm³/mol. The largest absolute Gasteiger partial charge is 0.343 e. The lowest BCUT2D eigenvalue weighted by atomic mass is 10.2. The molecule has 78 valence electrons. The van der Waals surface area contributed by atoms with Crippen LogP contribution in [0, 0.1) is 0 Å². The van der Waals surface area contributed by atoms with Crippen molar-refractivity contribution in [1.82, 2.24) is 10.6 Å². The summed E-state index contributed by atoms with van der Waals surface area (Å²) in [6.45, 7) is 5.56. The fourth-order valence-electron chi connectivity index (χ4n) is 1.66. The lowest BCUT2D eigenvalue weighted by Gasteiger charge is -2.16. The van der Waals surface area contributed by atoms with Crippen molar-refractivity contribution in [3.05, 3.63) is 0 Å². The Morgan fingerprint density at radius 2 is 1.38 bits per heavy atom. The minimum absolute atomic E-state index is 0.146. The standard InChI is InChI=1S/C9H20N2O2/c1-9(2)12-7(5-10-3)8(13-9)6-11-4/h7-8,10-11H,5-6H2,1-4H3/t7-,8-/m0/s1. The molecule has 0 saturated carbocycles. The van der Waals surface area contributed by atoms with Crippen molar-refractivity contribution >= 4 is 0 Å². The molecule has 0 aromatic rings. The van der Waals surface area contributed by atoms with Crippen molar-refractivity contribution < 1.29 is 9.47 Å². The molecular formula is C9H20N2O2. The number of hydrogen-bond acceptors (Lipinski definition) is 4. The summed E-state index contributed by atoms with van der Waals surface area (Å²) in [6, 6.07) is 0. The van der Waals surface area contributed by atoms with E-state index in [0.29, 0.717) is 0 Å². The highest BCUT2D eigenvalue weighted by Gasteiger charge is 2.40. The Bertz CT molecular complexity index is 146. The molecule has 0 aromatic carbocycles. The summed E-state index contributed by atoms with van der Waals surface area (Å²) in [5.74, 6) is -0.441. The number of rotatable bonds is 4. The third-order valence-electron chi connectivity index (χ3n) is 2.10. The number of hydrogen-bond donors (Lipinski definition) is 2. The van der Waals surface area contributed by atoms with Gasteiger partial charge >= 0.3 is 0 Å². The van der Waals surface area contributed by atoms with Crippen molar-refractivity contribution in [3.8, 4) is 0 Å². The molecule has 0 aromatic heterocycles. The molecule has 4 nitrogen and oxygen atoms in total. The molecule has 0 bridgehead atoms. The second-order valence-electron chi connectivity index (χ2n) is 3.83. The first-order chi connectivity index (χ1) is 6.09. The Balaban J connectivity index is 2.49. The number of nitrogens with one attached hydrogen (secondary N) is 2. The van der Waals surface area contributed by atoms with Gasteiger partial charge in [0, 0.05) is 13.1 Å². The molecular weight excluding hydrogens is 168 g/mol. The van der Waals surface area contributed by atoms with Gasteiger partial charge in [0.25, 0.3) is 0 Å². The fourth-order valence-corrected chi connectivity index (χ4v) is 1.66. The van der Waals surface area contributed by atoms with E-state index in [1.165, 1.54) is 0 Å². The highest BCUT2D eigenvalue weighted by Crippen LogP contribution is 2.27. The summed E-state index contributed by atoms with van der Waals surface area (Å²) in [7, 11) is 3.84. The van der Waals surface area contributed by atoms with Gasteiger partial charge in [0.1, 0.15) is 12.2 Å². The van der Waals surface area contributed by atoms with Crippen molar-refractivity contribution in [2.24, 2.45) is 0 Å². The summed E-state index contributed by atoms with van der Waals surface area (Å²) >= 11 is 0. The first-order valence-electron chi connectivity index (χ1n) is 4.74. The topological polar surface area (TPSA) is 42.5 Å². The van der Waals surface area contributed by atoms with Crippen LogP contribution in [0.1, 0.15) is 13.8 Å². The summed E-state index contributed by atoms with van der Waals surface area (Å²) in [6.07, 6.45) is 0.292. The zero-order valence-electron chi connectivity index (χ0n) is 8.89. The monoisotopic (exact) mass is 188 g/mol. The summed E-state index contributed by atoms with van der Waals surface area (Å²) in [4.78, 5) is 0.